The lowest BCUT2D eigenvalue weighted by Gasteiger charge is -2.19. The van der Waals surface area contributed by atoms with Crippen LogP contribution in [0.15, 0.2) is 47.4 Å². The first kappa shape index (κ1) is 21.1. The normalized spacial score (nSPS) is 12.0. The van der Waals surface area contributed by atoms with Crippen LogP contribution in [0.1, 0.15) is 38.3 Å². The second kappa shape index (κ2) is 8.19. The molecular formula is C20H25FN2O3S. The number of aryl methyl sites for hydroxylation is 1. The maximum Gasteiger partial charge on any atom is 0.240 e. The van der Waals surface area contributed by atoms with E-state index in [0.29, 0.717) is 5.69 Å². The number of halogens is 1. The molecule has 0 fully saturated rings. The summed E-state index contributed by atoms with van der Waals surface area (Å²) in [6.45, 7) is 7.84. The summed E-state index contributed by atoms with van der Waals surface area (Å²) >= 11 is 0. The standard InChI is InChI=1S/C20H25FN2O3S/c1-14-5-8-16(21)13-18(14)23-19(24)11-12-22-27(25,26)17-9-6-15(7-10-17)20(2,3)4/h5-10,13,22H,11-12H2,1-4H3,(H,23,24). The third kappa shape index (κ3) is 5.87. The number of nitrogens with one attached hydrogen (secondary N) is 2. The Balaban J connectivity index is 1.93. The number of carbonyl (C=O) groups is 1. The molecule has 2 aromatic rings. The van der Waals surface area contributed by atoms with Crippen LogP contribution in [0.3, 0.4) is 0 Å². The molecule has 5 nitrogen and oxygen atoms in total. The molecule has 0 aromatic heterocycles. The molecule has 0 radical (unpaired) electrons. The van der Waals surface area contributed by atoms with Crippen LogP contribution in [-0.2, 0) is 20.2 Å². The van der Waals surface area contributed by atoms with Crippen molar-refractivity contribution in [1.82, 2.24) is 4.72 Å². The second-order valence-electron chi connectivity index (χ2n) is 7.43. The van der Waals surface area contributed by atoms with E-state index < -0.39 is 21.7 Å². The Labute approximate surface area is 160 Å². The van der Waals surface area contributed by atoms with Crippen molar-refractivity contribution in [2.75, 3.05) is 11.9 Å². The van der Waals surface area contributed by atoms with Crippen LogP contribution in [0.4, 0.5) is 10.1 Å². The van der Waals surface area contributed by atoms with Gasteiger partial charge in [0.15, 0.2) is 0 Å². The Bertz CT molecular complexity index is 917. The van der Waals surface area contributed by atoms with E-state index in [2.05, 4.69) is 10.0 Å². The number of hydrogen-bond acceptors (Lipinski definition) is 3. The van der Waals surface area contributed by atoms with E-state index in [-0.39, 0.29) is 23.3 Å². The Morgan fingerprint density at radius 2 is 1.70 bits per heavy atom. The lowest BCUT2D eigenvalue weighted by Crippen LogP contribution is -2.28. The van der Waals surface area contributed by atoms with Gasteiger partial charge in [-0.15, -0.1) is 0 Å². The fourth-order valence-electron chi connectivity index (χ4n) is 2.46. The largest absolute Gasteiger partial charge is 0.326 e. The van der Waals surface area contributed by atoms with Gasteiger partial charge in [0.25, 0.3) is 0 Å². The van der Waals surface area contributed by atoms with E-state index in [1.165, 1.54) is 12.1 Å². The zero-order valence-electron chi connectivity index (χ0n) is 16.0. The van der Waals surface area contributed by atoms with Gasteiger partial charge in [0, 0.05) is 18.7 Å². The van der Waals surface area contributed by atoms with Gasteiger partial charge in [-0.25, -0.2) is 17.5 Å². The molecule has 0 aliphatic heterocycles. The molecule has 0 saturated carbocycles. The molecule has 2 rings (SSSR count). The molecule has 0 atom stereocenters. The minimum atomic E-state index is -3.70. The van der Waals surface area contributed by atoms with Crippen LogP contribution in [0.25, 0.3) is 0 Å². The minimum Gasteiger partial charge on any atom is -0.326 e. The summed E-state index contributed by atoms with van der Waals surface area (Å²) in [7, 11) is -3.70. The molecule has 0 bridgehead atoms. The van der Waals surface area contributed by atoms with E-state index in [1.54, 1.807) is 37.3 Å². The van der Waals surface area contributed by atoms with Crippen molar-refractivity contribution in [3.8, 4) is 0 Å². The summed E-state index contributed by atoms with van der Waals surface area (Å²) in [5.74, 6) is -0.843. The maximum atomic E-state index is 13.3. The molecule has 2 N–H and O–H groups in total. The third-order valence-electron chi connectivity index (χ3n) is 4.15. The third-order valence-corrected chi connectivity index (χ3v) is 5.63. The van der Waals surface area contributed by atoms with E-state index in [1.807, 2.05) is 20.8 Å². The smallest absolute Gasteiger partial charge is 0.240 e. The van der Waals surface area contributed by atoms with E-state index in [9.17, 15) is 17.6 Å². The van der Waals surface area contributed by atoms with Crippen molar-refractivity contribution in [2.24, 2.45) is 0 Å². The zero-order chi connectivity index (χ0) is 20.2. The summed E-state index contributed by atoms with van der Waals surface area (Å²) in [4.78, 5) is 12.1. The number of anilines is 1. The first-order valence-corrected chi connectivity index (χ1v) is 10.1. The molecule has 0 saturated heterocycles. The van der Waals surface area contributed by atoms with Gasteiger partial charge in [-0.05, 0) is 47.7 Å². The predicted octanol–water partition coefficient (Wildman–Crippen LogP) is 3.74. The van der Waals surface area contributed by atoms with Crippen LogP contribution in [0, 0.1) is 12.7 Å². The van der Waals surface area contributed by atoms with Crippen molar-refractivity contribution in [1.29, 1.82) is 0 Å². The van der Waals surface area contributed by atoms with Gasteiger partial charge in [-0.2, -0.15) is 0 Å². The predicted molar refractivity (Wildman–Crippen MR) is 105 cm³/mol. The van der Waals surface area contributed by atoms with Gasteiger partial charge in [0.2, 0.25) is 15.9 Å². The summed E-state index contributed by atoms with van der Waals surface area (Å²) in [5.41, 5.74) is 2.07. The van der Waals surface area contributed by atoms with E-state index in [0.717, 1.165) is 11.1 Å². The van der Waals surface area contributed by atoms with Crippen LogP contribution >= 0.6 is 0 Å². The van der Waals surface area contributed by atoms with Crippen molar-refractivity contribution in [3.05, 3.63) is 59.4 Å². The van der Waals surface area contributed by atoms with Gasteiger partial charge < -0.3 is 5.32 Å². The summed E-state index contributed by atoms with van der Waals surface area (Å²) in [6.07, 6.45) is -0.0603. The highest BCUT2D eigenvalue weighted by atomic mass is 32.2. The van der Waals surface area contributed by atoms with Gasteiger partial charge >= 0.3 is 0 Å². The van der Waals surface area contributed by atoms with Gasteiger partial charge in [0.1, 0.15) is 5.82 Å². The number of benzene rings is 2. The maximum absolute atomic E-state index is 13.3. The summed E-state index contributed by atoms with van der Waals surface area (Å²) < 4.78 is 40.3. The monoisotopic (exact) mass is 392 g/mol. The number of hydrogen-bond donors (Lipinski definition) is 2. The Morgan fingerprint density at radius 3 is 2.30 bits per heavy atom. The number of sulfonamides is 1. The second-order valence-corrected chi connectivity index (χ2v) is 9.20. The molecule has 7 heteroatoms. The highest BCUT2D eigenvalue weighted by Crippen LogP contribution is 2.23. The lowest BCUT2D eigenvalue weighted by atomic mass is 9.87. The molecular weight excluding hydrogens is 367 g/mol. The highest BCUT2D eigenvalue weighted by molar-refractivity contribution is 7.89. The van der Waals surface area contributed by atoms with Crippen LogP contribution in [0.2, 0.25) is 0 Å². The van der Waals surface area contributed by atoms with E-state index >= 15 is 0 Å². The average molecular weight is 392 g/mol. The topological polar surface area (TPSA) is 75.3 Å². The molecule has 0 unspecified atom stereocenters. The van der Waals surface area contributed by atoms with Crippen LogP contribution in [-0.4, -0.2) is 20.9 Å². The minimum absolute atomic E-state index is 0.0520. The fourth-order valence-corrected chi connectivity index (χ4v) is 3.49. The first-order chi connectivity index (χ1) is 12.5. The Morgan fingerprint density at radius 1 is 1.07 bits per heavy atom. The summed E-state index contributed by atoms with van der Waals surface area (Å²) in [6, 6.07) is 10.8. The fraction of sp³-hybridized carbons (Fsp3) is 0.350. The molecule has 0 aliphatic rings. The molecule has 0 heterocycles. The number of rotatable bonds is 6. The SMILES string of the molecule is Cc1ccc(F)cc1NC(=O)CCNS(=O)(=O)c1ccc(C(C)(C)C)cc1. The zero-order valence-corrected chi connectivity index (χ0v) is 16.8. The van der Waals surface area contributed by atoms with Crippen LogP contribution in [0.5, 0.6) is 0 Å². The van der Waals surface area contributed by atoms with Gasteiger partial charge in [-0.3, -0.25) is 4.79 Å². The van der Waals surface area contributed by atoms with Crippen molar-refractivity contribution in [2.45, 2.75) is 44.4 Å². The lowest BCUT2D eigenvalue weighted by molar-refractivity contribution is -0.116. The van der Waals surface area contributed by atoms with Crippen molar-refractivity contribution >= 4 is 21.6 Å². The molecule has 0 aliphatic carbocycles. The Kier molecular flexibility index (Phi) is 6.38. The van der Waals surface area contributed by atoms with E-state index in [4.69, 9.17) is 0 Å². The van der Waals surface area contributed by atoms with Gasteiger partial charge in [0.05, 0.1) is 4.90 Å². The Hall–Kier alpha value is -2.25. The first-order valence-electron chi connectivity index (χ1n) is 8.65. The van der Waals surface area contributed by atoms with Crippen LogP contribution < -0.4 is 10.0 Å². The molecule has 1 amide bonds. The summed E-state index contributed by atoms with van der Waals surface area (Å²) in [5, 5.41) is 2.59. The van der Waals surface area contributed by atoms with Gasteiger partial charge in [-0.1, -0.05) is 39.0 Å². The molecule has 2 aromatic carbocycles. The van der Waals surface area contributed by atoms with Crippen molar-refractivity contribution < 1.29 is 17.6 Å². The average Bonchev–Trinajstić information content (AvgIpc) is 2.57. The number of carbonyl (C=O) groups excluding carboxylic acids is 1. The molecule has 27 heavy (non-hydrogen) atoms. The highest BCUT2D eigenvalue weighted by Gasteiger charge is 2.17. The molecule has 0 spiro atoms. The van der Waals surface area contributed by atoms with Crippen molar-refractivity contribution in [3.63, 3.8) is 0 Å². The number of amides is 1. The quantitative estimate of drug-likeness (QED) is 0.786. The molecule has 146 valence electrons.